The number of halogens is 2. The van der Waals surface area contributed by atoms with Gasteiger partial charge in [-0.1, -0.05) is 22.9 Å². The van der Waals surface area contributed by atoms with E-state index in [1.54, 1.807) is 12.1 Å². The molecule has 3 N–H and O–H groups in total. The maximum absolute atomic E-state index is 11.8. The summed E-state index contributed by atoms with van der Waals surface area (Å²) in [6.45, 7) is 1.81. The third-order valence-electron chi connectivity index (χ3n) is 2.49. The molecule has 0 aliphatic rings. The normalized spacial score (nSPS) is 11.8. The van der Waals surface area contributed by atoms with E-state index < -0.39 is 12.0 Å². The molecule has 7 heteroatoms. The molecule has 0 fully saturated rings. The summed E-state index contributed by atoms with van der Waals surface area (Å²) >= 11 is 6.58. The Morgan fingerprint density at radius 3 is 2.58 bits per heavy atom. The molecule has 0 radical (unpaired) electrons. The molecule has 0 aliphatic carbocycles. The van der Waals surface area contributed by atoms with Gasteiger partial charge < -0.3 is 15.8 Å². The van der Waals surface area contributed by atoms with Crippen LogP contribution in [0.5, 0.6) is 0 Å². The zero-order valence-corrected chi connectivity index (χ0v) is 13.7. The third-order valence-corrected chi connectivity index (χ3v) is 3.57. The minimum Gasteiger partial charge on any atom is -0.465 e. The van der Waals surface area contributed by atoms with Gasteiger partial charge >= 0.3 is 5.97 Å². The van der Waals surface area contributed by atoms with Gasteiger partial charge in [0.15, 0.2) is 0 Å². The lowest BCUT2D eigenvalue weighted by atomic mass is 10.1. The molecular formula is C12H14Br2N2O3. The minimum atomic E-state index is -0.624. The smallest absolute Gasteiger partial charge is 0.340 e. The molecule has 1 aromatic carbocycles. The molecule has 0 spiro atoms. The molecule has 0 aromatic heterocycles. The van der Waals surface area contributed by atoms with Crippen LogP contribution < -0.4 is 11.1 Å². The number of esters is 1. The first-order valence-corrected chi connectivity index (χ1v) is 7.13. The van der Waals surface area contributed by atoms with Crippen LogP contribution in [0.4, 0.5) is 5.69 Å². The van der Waals surface area contributed by atoms with Crippen molar-refractivity contribution >= 4 is 49.4 Å². The van der Waals surface area contributed by atoms with Crippen molar-refractivity contribution in [2.45, 2.75) is 19.4 Å². The zero-order valence-electron chi connectivity index (χ0n) is 10.5. The number of carbonyl (C=O) groups is 2. The van der Waals surface area contributed by atoms with E-state index in [2.05, 4.69) is 37.2 Å². The van der Waals surface area contributed by atoms with Gasteiger partial charge in [-0.15, -0.1) is 0 Å². The second-order valence-corrected chi connectivity index (χ2v) is 5.58. The van der Waals surface area contributed by atoms with Crippen molar-refractivity contribution in [3.8, 4) is 0 Å². The molecule has 0 saturated heterocycles. The van der Waals surface area contributed by atoms with E-state index in [1.807, 2.05) is 6.92 Å². The van der Waals surface area contributed by atoms with Crippen LogP contribution in [-0.2, 0) is 9.53 Å². The molecule has 0 aliphatic heterocycles. The first-order chi connectivity index (χ1) is 8.90. The van der Waals surface area contributed by atoms with Gasteiger partial charge in [-0.05, 0) is 34.5 Å². The topological polar surface area (TPSA) is 81.4 Å². The Kier molecular flexibility index (Phi) is 5.96. The van der Waals surface area contributed by atoms with Crippen LogP contribution in [0, 0.1) is 0 Å². The van der Waals surface area contributed by atoms with Crippen molar-refractivity contribution in [2.75, 3.05) is 12.4 Å². The fourth-order valence-electron chi connectivity index (χ4n) is 1.37. The number of hydrogen-bond acceptors (Lipinski definition) is 4. The van der Waals surface area contributed by atoms with Crippen LogP contribution in [0.2, 0.25) is 0 Å². The molecule has 0 heterocycles. The second kappa shape index (κ2) is 7.02. The number of hydrogen-bond donors (Lipinski definition) is 2. The number of ether oxygens (including phenoxy) is 1. The molecule has 1 aromatic rings. The Balaban J connectivity index is 3.18. The van der Waals surface area contributed by atoms with E-state index >= 15 is 0 Å². The highest BCUT2D eigenvalue weighted by Crippen LogP contribution is 2.31. The second-order valence-electron chi connectivity index (χ2n) is 3.81. The van der Waals surface area contributed by atoms with Crippen molar-refractivity contribution in [3.63, 3.8) is 0 Å². The van der Waals surface area contributed by atoms with Gasteiger partial charge in [-0.3, -0.25) is 4.79 Å². The fraction of sp³-hybridized carbons (Fsp3) is 0.333. The molecule has 104 valence electrons. The highest BCUT2D eigenvalue weighted by atomic mass is 79.9. The lowest BCUT2D eigenvalue weighted by Crippen LogP contribution is -2.35. The quantitative estimate of drug-likeness (QED) is 0.770. The Hall–Kier alpha value is -0.920. The van der Waals surface area contributed by atoms with E-state index in [0.29, 0.717) is 21.1 Å². The molecule has 0 unspecified atom stereocenters. The number of methoxy groups -OCH3 is 1. The summed E-state index contributed by atoms with van der Waals surface area (Å²) in [5.74, 6) is -0.891. The summed E-state index contributed by atoms with van der Waals surface area (Å²) in [6.07, 6.45) is 0.507. The summed E-state index contributed by atoms with van der Waals surface area (Å²) in [6, 6.07) is 2.67. The first kappa shape index (κ1) is 16.1. The minimum absolute atomic E-state index is 0.250. The van der Waals surface area contributed by atoms with Crippen molar-refractivity contribution in [3.05, 3.63) is 26.6 Å². The van der Waals surface area contributed by atoms with Crippen LogP contribution in [0.1, 0.15) is 23.7 Å². The zero-order chi connectivity index (χ0) is 14.6. The van der Waals surface area contributed by atoms with E-state index in [0.717, 1.165) is 0 Å². The van der Waals surface area contributed by atoms with Gasteiger partial charge in [0.05, 0.1) is 24.4 Å². The maximum atomic E-state index is 11.8. The van der Waals surface area contributed by atoms with Crippen LogP contribution in [0.15, 0.2) is 21.1 Å². The number of rotatable bonds is 4. The summed E-state index contributed by atoms with van der Waals surface area (Å²) < 4.78 is 5.95. The van der Waals surface area contributed by atoms with Gasteiger partial charge in [-0.25, -0.2) is 4.79 Å². The van der Waals surface area contributed by atoms with Crippen molar-refractivity contribution in [1.82, 2.24) is 0 Å². The highest BCUT2D eigenvalue weighted by Gasteiger charge is 2.20. The predicted octanol–water partition coefficient (Wildman–Crippen LogP) is 2.67. The van der Waals surface area contributed by atoms with Crippen molar-refractivity contribution < 1.29 is 14.3 Å². The summed E-state index contributed by atoms with van der Waals surface area (Å²) in [5.41, 5.74) is 6.25. The summed E-state index contributed by atoms with van der Waals surface area (Å²) in [7, 11) is 1.28. The standard InChI is InChI=1S/C12H14Br2N2O3/c1-3-9(15)11(17)16-10-7(12(18)19-2)4-6(13)5-8(10)14/h4-5,9H,3,15H2,1-2H3,(H,16,17)/t9-/m0/s1. The van der Waals surface area contributed by atoms with Gasteiger partial charge in [0, 0.05) is 8.95 Å². The van der Waals surface area contributed by atoms with Crippen molar-refractivity contribution in [1.29, 1.82) is 0 Å². The number of anilines is 1. The summed E-state index contributed by atoms with van der Waals surface area (Å²) in [5, 5.41) is 2.64. The van der Waals surface area contributed by atoms with E-state index in [4.69, 9.17) is 10.5 Å². The van der Waals surface area contributed by atoms with E-state index in [-0.39, 0.29) is 11.5 Å². The molecule has 0 saturated carbocycles. The summed E-state index contributed by atoms with van der Waals surface area (Å²) in [4.78, 5) is 23.5. The first-order valence-electron chi connectivity index (χ1n) is 5.54. The van der Waals surface area contributed by atoms with Crippen LogP contribution >= 0.6 is 31.9 Å². The highest BCUT2D eigenvalue weighted by molar-refractivity contribution is 9.11. The van der Waals surface area contributed by atoms with Crippen LogP contribution in [0.25, 0.3) is 0 Å². The molecule has 1 amide bonds. The fourth-order valence-corrected chi connectivity index (χ4v) is 2.70. The third kappa shape index (κ3) is 4.02. The Labute approximate surface area is 128 Å². The van der Waals surface area contributed by atoms with Gasteiger partial charge in [0.1, 0.15) is 0 Å². The van der Waals surface area contributed by atoms with Gasteiger partial charge in [0.2, 0.25) is 5.91 Å². The molecule has 19 heavy (non-hydrogen) atoms. The number of nitrogens with two attached hydrogens (primary N) is 1. The number of amides is 1. The Morgan fingerprint density at radius 2 is 2.05 bits per heavy atom. The SMILES string of the molecule is CC[C@H](N)C(=O)Nc1c(Br)cc(Br)cc1C(=O)OC. The Bertz CT molecular complexity index is 506. The van der Waals surface area contributed by atoms with Gasteiger partial charge in [-0.2, -0.15) is 0 Å². The number of nitrogens with one attached hydrogen (secondary N) is 1. The van der Waals surface area contributed by atoms with Crippen molar-refractivity contribution in [2.24, 2.45) is 5.73 Å². The van der Waals surface area contributed by atoms with Gasteiger partial charge in [0.25, 0.3) is 0 Å². The lowest BCUT2D eigenvalue weighted by molar-refractivity contribution is -0.117. The average molecular weight is 394 g/mol. The van der Waals surface area contributed by atoms with E-state index in [9.17, 15) is 9.59 Å². The predicted molar refractivity (Wildman–Crippen MR) is 80.1 cm³/mol. The lowest BCUT2D eigenvalue weighted by Gasteiger charge is -2.15. The van der Waals surface area contributed by atoms with E-state index in [1.165, 1.54) is 7.11 Å². The van der Waals surface area contributed by atoms with Crippen LogP contribution in [0.3, 0.4) is 0 Å². The molecule has 5 nitrogen and oxygen atoms in total. The molecular weight excluding hydrogens is 380 g/mol. The average Bonchev–Trinajstić information content (AvgIpc) is 2.39. The number of benzene rings is 1. The molecule has 1 rings (SSSR count). The van der Waals surface area contributed by atoms with Crippen LogP contribution in [-0.4, -0.2) is 25.0 Å². The Morgan fingerprint density at radius 1 is 1.42 bits per heavy atom. The molecule has 1 atom stereocenters. The monoisotopic (exact) mass is 392 g/mol. The maximum Gasteiger partial charge on any atom is 0.340 e. The number of carbonyl (C=O) groups excluding carboxylic acids is 2. The largest absolute Gasteiger partial charge is 0.465 e. The molecule has 0 bridgehead atoms.